The molecule has 9 heteroatoms. The number of benzene rings is 1. The van der Waals surface area contributed by atoms with Crippen molar-refractivity contribution in [2.75, 3.05) is 13.1 Å². The second-order valence-corrected chi connectivity index (χ2v) is 8.65. The molecular formula is C18H20N4O4S. The smallest absolute Gasteiger partial charge is 0.248 e. The Balaban J connectivity index is 1.74. The maximum Gasteiger partial charge on any atom is 0.248 e. The first kappa shape index (κ1) is 17.9. The molecule has 0 aliphatic carbocycles. The molecule has 0 saturated carbocycles. The van der Waals surface area contributed by atoms with E-state index < -0.39 is 10.0 Å². The minimum Gasteiger partial charge on any atom is -0.360 e. The lowest BCUT2D eigenvalue weighted by atomic mass is 9.89. The SMILES string of the molecule is Cc1noc(C2CN(S(=O)(=O)c3c(C)noc3C)CC2c2ccccc2)n1. The summed E-state index contributed by atoms with van der Waals surface area (Å²) < 4.78 is 38.4. The number of hydrogen-bond acceptors (Lipinski definition) is 7. The fourth-order valence-electron chi connectivity index (χ4n) is 3.69. The van der Waals surface area contributed by atoms with Crippen LogP contribution in [-0.2, 0) is 10.0 Å². The molecule has 2 unspecified atom stereocenters. The highest BCUT2D eigenvalue weighted by Crippen LogP contribution is 2.41. The number of hydrogen-bond donors (Lipinski definition) is 0. The van der Waals surface area contributed by atoms with Gasteiger partial charge in [0, 0.05) is 19.0 Å². The van der Waals surface area contributed by atoms with Gasteiger partial charge < -0.3 is 9.05 Å². The second-order valence-electron chi connectivity index (χ2n) is 6.78. The van der Waals surface area contributed by atoms with Crippen molar-refractivity contribution in [3.05, 3.63) is 59.1 Å². The molecule has 0 radical (unpaired) electrons. The normalized spacial score (nSPS) is 21.0. The van der Waals surface area contributed by atoms with E-state index in [1.807, 2.05) is 30.3 Å². The Morgan fingerprint density at radius 1 is 1.00 bits per heavy atom. The van der Waals surface area contributed by atoms with Gasteiger partial charge in [0.2, 0.25) is 15.9 Å². The summed E-state index contributed by atoms with van der Waals surface area (Å²) in [6.07, 6.45) is 0. The van der Waals surface area contributed by atoms with Crippen molar-refractivity contribution in [2.24, 2.45) is 0 Å². The number of nitrogens with zero attached hydrogens (tertiary/aromatic N) is 4. The first-order valence-electron chi connectivity index (χ1n) is 8.66. The Morgan fingerprint density at radius 2 is 1.70 bits per heavy atom. The number of sulfonamides is 1. The van der Waals surface area contributed by atoms with E-state index in [1.54, 1.807) is 20.8 Å². The molecule has 1 fully saturated rings. The van der Waals surface area contributed by atoms with Crippen LogP contribution in [0.25, 0.3) is 0 Å². The van der Waals surface area contributed by atoms with Crippen LogP contribution in [0, 0.1) is 20.8 Å². The van der Waals surface area contributed by atoms with Crippen LogP contribution in [0.2, 0.25) is 0 Å². The van der Waals surface area contributed by atoms with E-state index in [9.17, 15) is 8.42 Å². The first-order chi connectivity index (χ1) is 12.9. The van der Waals surface area contributed by atoms with Crippen molar-refractivity contribution in [3.63, 3.8) is 0 Å². The number of aryl methyl sites for hydroxylation is 3. The van der Waals surface area contributed by atoms with Gasteiger partial charge in [-0.3, -0.25) is 0 Å². The van der Waals surface area contributed by atoms with Crippen LogP contribution >= 0.6 is 0 Å². The van der Waals surface area contributed by atoms with E-state index in [1.165, 1.54) is 4.31 Å². The zero-order valence-electron chi connectivity index (χ0n) is 15.3. The monoisotopic (exact) mass is 388 g/mol. The third kappa shape index (κ3) is 3.06. The van der Waals surface area contributed by atoms with E-state index in [4.69, 9.17) is 9.05 Å². The van der Waals surface area contributed by atoms with Gasteiger partial charge in [0.15, 0.2) is 11.6 Å². The lowest BCUT2D eigenvalue weighted by Gasteiger charge is -2.16. The van der Waals surface area contributed by atoms with Crippen molar-refractivity contribution in [1.29, 1.82) is 0 Å². The Kier molecular flexibility index (Phi) is 4.35. The fourth-order valence-corrected chi connectivity index (χ4v) is 5.47. The third-order valence-electron chi connectivity index (χ3n) is 4.94. The van der Waals surface area contributed by atoms with Gasteiger partial charge in [0.05, 0.1) is 5.92 Å². The van der Waals surface area contributed by atoms with E-state index in [2.05, 4.69) is 15.3 Å². The molecule has 142 valence electrons. The molecule has 2 atom stereocenters. The molecule has 1 aliphatic heterocycles. The molecule has 0 bridgehead atoms. The maximum atomic E-state index is 13.3. The molecule has 2 aromatic heterocycles. The average Bonchev–Trinajstić information content (AvgIpc) is 3.34. The predicted octanol–water partition coefficient (Wildman–Crippen LogP) is 2.55. The lowest BCUT2D eigenvalue weighted by Crippen LogP contribution is -2.29. The van der Waals surface area contributed by atoms with Crippen LogP contribution in [0.5, 0.6) is 0 Å². The summed E-state index contributed by atoms with van der Waals surface area (Å²) in [7, 11) is -3.74. The average molecular weight is 388 g/mol. The standard InChI is InChI=1S/C18H20N4O4S/c1-11-17(12(2)25-20-11)27(23,24)22-9-15(14-7-5-4-6-8-14)16(10-22)18-19-13(3)21-26-18/h4-8,15-16H,9-10H2,1-3H3. The van der Waals surface area contributed by atoms with E-state index >= 15 is 0 Å². The third-order valence-corrected chi connectivity index (χ3v) is 7.02. The minimum atomic E-state index is -3.74. The van der Waals surface area contributed by atoms with Crippen molar-refractivity contribution in [2.45, 2.75) is 37.5 Å². The van der Waals surface area contributed by atoms with Crippen LogP contribution in [0.1, 0.15) is 40.6 Å². The van der Waals surface area contributed by atoms with Gasteiger partial charge in [-0.15, -0.1) is 0 Å². The van der Waals surface area contributed by atoms with Gasteiger partial charge in [-0.05, 0) is 26.3 Å². The largest absolute Gasteiger partial charge is 0.360 e. The zero-order valence-corrected chi connectivity index (χ0v) is 16.1. The fraction of sp³-hybridized carbons (Fsp3) is 0.389. The molecule has 8 nitrogen and oxygen atoms in total. The first-order valence-corrected chi connectivity index (χ1v) is 10.1. The molecule has 1 aromatic carbocycles. The summed E-state index contributed by atoms with van der Waals surface area (Å²) >= 11 is 0. The van der Waals surface area contributed by atoms with Gasteiger partial charge in [-0.25, -0.2) is 8.42 Å². The Bertz CT molecular complexity index is 1040. The van der Waals surface area contributed by atoms with Crippen LogP contribution < -0.4 is 0 Å². The molecule has 27 heavy (non-hydrogen) atoms. The topological polar surface area (TPSA) is 102 Å². The molecule has 1 saturated heterocycles. The molecular weight excluding hydrogens is 368 g/mol. The van der Waals surface area contributed by atoms with E-state index in [-0.39, 0.29) is 23.3 Å². The molecule has 0 amide bonds. The molecule has 1 aliphatic rings. The molecule has 3 heterocycles. The Labute approximate surface area is 157 Å². The van der Waals surface area contributed by atoms with Gasteiger partial charge in [0.1, 0.15) is 10.6 Å². The molecule has 0 N–H and O–H groups in total. The Hall–Kier alpha value is -2.52. The molecule has 4 rings (SSSR count). The Morgan fingerprint density at radius 3 is 2.30 bits per heavy atom. The number of rotatable bonds is 4. The van der Waals surface area contributed by atoms with Gasteiger partial charge in [-0.2, -0.15) is 9.29 Å². The summed E-state index contributed by atoms with van der Waals surface area (Å²) in [6.45, 7) is 5.57. The molecule has 0 spiro atoms. The molecule has 3 aromatic rings. The van der Waals surface area contributed by atoms with Crippen LogP contribution in [0.15, 0.2) is 44.3 Å². The predicted molar refractivity (Wildman–Crippen MR) is 95.7 cm³/mol. The van der Waals surface area contributed by atoms with E-state index in [0.29, 0.717) is 29.7 Å². The van der Waals surface area contributed by atoms with Crippen molar-refractivity contribution < 1.29 is 17.5 Å². The highest BCUT2D eigenvalue weighted by molar-refractivity contribution is 7.89. The summed E-state index contributed by atoms with van der Waals surface area (Å²) in [5, 5.41) is 7.67. The van der Waals surface area contributed by atoms with Crippen molar-refractivity contribution >= 4 is 10.0 Å². The second kappa shape index (κ2) is 6.58. The quantitative estimate of drug-likeness (QED) is 0.677. The van der Waals surface area contributed by atoms with Crippen LogP contribution in [0.3, 0.4) is 0 Å². The van der Waals surface area contributed by atoms with Gasteiger partial charge in [-0.1, -0.05) is 40.6 Å². The number of aromatic nitrogens is 3. The minimum absolute atomic E-state index is 0.0821. The lowest BCUT2D eigenvalue weighted by molar-refractivity contribution is 0.345. The van der Waals surface area contributed by atoms with Crippen LogP contribution in [0.4, 0.5) is 0 Å². The van der Waals surface area contributed by atoms with Crippen LogP contribution in [-0.4, -0.2) is 41.1 Å². The van der Waals surface area contributed by atoms with Gasteiger partial charge in [0.25, 0.3) is 0 Å². The zero-order chi connectivity index (χ0) is 19.2. The summed E-state index contributed by atoms with van der Waals surface area (Å²) in [5.74, 6) is 0.979. The summed E-state index contributed by atoms with van der Waals surface area (Å²) in [6, 6.07) is 9.80. The van der Waals surface area contributed by atoms with Gasteiger partial charge >= 0.3 is 0 Å². The summed E-state index contributed by atoms with van der Waals surface area (Å²) in [5.41, 5.74) is 1.40. The highest BCUT2D eigenvalue weighted by Gasteiger charge is 2.44. The maximum absolute atomic E-state index is 13.3. The summed E-state index contributed by atoms with van der Waals surface area (Å²) in [4.78, 5) is 4.49. The van der Waals surface area contributed by atoms with Crippen molar-refractivity contribution in [1.82, 2.24) is 19.6 Å². The van der Waals surface area contributed by atoms with E-state index in [0.717, 1.165) is 5.56 Å². The highest BCUT2D eigenvalue weighted by atomic mass is 32.2. The van der Waals surface area contributed by atoms with Crippen molar-refractivity contribution in [3.8, 4) is 0 Å².